The molecule has 0 bridgehead atoms. The maximum absolute atomic E-state index is 13.5. The number of benzene rings is 5. The van der Waals surface area contributed by atoms with Crippen molar-refractivity contribution >= 4 is 15.8 Å². The van der Waals surface area contributed by atoms with Gasteiger partial charge < -0.3 is 14.6 Å². The summed E-state index contributed by atoms with van der Waals surface area (Å²) in [6.45, 7) is 12.1. The van der Waals surface area contributed by atoms with Gasteiger partial charge in [-0.3, -0.25) is 0 Å². The number of hydrogen-bond donors (Lipinski definition) is 1. The number of fused-ring (bicyclic) bond motifs is 1. The van der Waals surface area contributed by atoms with E-state index in [9.17, 15) is 18.3 Å². The summed E-state index contributed by atoms with van der Waals surface area (Å²) in [4.78, 5) is 13.9. The number of aromatic hydroxyl groups is 1. The summed E-state index contributed by atoms with van der Waals surface area (Å²) in [7, 11) is -3.66. The molecule has 240 valence electrons. The molecule has 0 spiro atoms. The van der Waals surface area contributed by atoms with Crippen LogP contribution in [0.15, 0.2) is 113 Å². The number of rotatable bonds is 8. The lowest BCUT2D eigenvalue weighted by atomic mass is 9.74. The Balaban J connectivity index is 1.48. The number of ether oxygens (including phenoxy) is 2. The van der Waals surface area contributed by atoms with E-state index in [1.165, 1.54) is 0 Å². The lowest BCUT2D eigenvalue weighted by Gasteiger charge is -2.34. The molecule has 1 unspecified atom stereocenters. The molecule has 5 aromatic carbocycles. The Hall–Kier alpha value is -4.88. The van der Waals surface area contributed by atoms with Crippen LogP contribution in [0, 0.1) is 13.8 Å². The van der Waals surface area contributed by atoms with E-state index >= 15 is 0 Å². The minimum absolute atomic E-state index is 0.0265. The first-order chi connectivity index (χ1) is 22.3. The highest BCUT2D eigenvalue weighted by atomic mass is 32.2. The topological polar surface area (TPSA) is 89.9 Å². The van der Waals surface area contributed by atoms with Crippen LogP contribution in [-0.4, -0.2) is 19.5 Å². The summed E-state index contributed by atoms with van der Waals surface area (Å²) in [5.74, 6) is 0.984. The molecular weight excluding hydrogens is 609 g/mol. The smallest absolute Gasteiger partial charge is 0.340 e. The van der Waals surface area contributed by atoms with Crippen molar-refractivity contribution in [3.63, 3.8) is 0 Å². The number of sulfone groups is 1. The number of phenolic OH excluding ortho intramolecular Hbond substituents is 1. The first-order valence-electron chi connectivity index (χ1n) is 15.7. The third-order valence-electron chi connectivity index (χ3n) is 8.92. The average Bonchev–Trinajstić information content (AvgIpc) is 3.34. The van der Waals surface area contributed by atoms with E-state index in [1.807, 2.05) is 58.0 Å². The van der Waals surface area contributed by atoms with Crippen molar-refractivity contribution in [2.75, 3.05) is 0 Å². The van der Waals surface area contributed by atoms with E-state index in [0.717, 1.165) is 38.9 Å². The van der Waals surface area contributed by atoms with E-state index in [0.29, 0.717) is 17.1 Å². The normalized spacial score (nSPS) is 16.0. The second-order valence-electron chi connectivity index (χ2n) is 12.7. The Bertz CT molecular complexity index is 2100. The van der Waals surface area contributed by atoms with Gasteiger partial charge in [-0.15, -0.1) is 0 Å². The number of esters is 1. The Morgan fingerprint density at radius 1 is 0.681 bits per heavy atom. The summed E-state index contributed by atoms with van der Waals surface area (Å²) >= 11 is 0. The zero-order valence-corrected chi connectivity index (χ0v) is 28.2. The lowest BCUT2D eigenvalue weighted by Crippen LogP contribution is -2.32. The monoisotopic (exact) mass is 646 g/mol. The van der Waals surface area contributed by atoms with Crippen LogP contribution >= 0.6 is 0 Å². The molecule has 0 saturated heterocycles. The summed E-state index contributed by atoms with van der Waals surface area (Å²) in [5.41, 5.74) is 4.89. The van der Waals surface area contributed by atoms with Gasteiger partial charge in [-0.05, 0) is 115 Å². The molecule has 0 radical (unpaired) electrons. The molecule has 6 rings (SSSR count). The number of aryl methyl sites for hydroxylation is 2. The van der Waals surface area contributed by atoms with Crippen LogP contribution in [0.1, 0.15) is 88.8 Å². The van der Waals surface area contributed by atoms with E-state index in [1.54, 1.807) is 66.7 Å². The lowest BCUT2D eigenvalue weighted by molar-refractivity contribution is 0.0247. The molecule has 1 atom stereocenters. The quantitative estimate of drug-likeness (QED) is 0.169. The Kier molecular flexibility index (Phi) is 8.22. The SMILES string of the molecule is Cc1cc(O)c(C(C)C)cc1C1(c2cc(C(C)C)c(Oc3ccc(S(=O)(=O)c4ccccc4)cc3)cc2C)OC(=O)c2ccccc21. The van der Waals surface area contributed by atoms with Crippen molar-refractivity contribution in [1.29, 1.82) is 0 Å². The minimum Gasteiger partial charge on any atom is -0.508 e. The van der Waals surface area contributed by atoms with Gasteiger partial charge in [0.2, 0.25) is 9.84 Å². The Morgan fingerprint density at radius 3 is 1.87 bits per heavy atom. The number of cyclic esters (lactones) is 1. The van der Waals surface area contributed by atoms with Crippen LogP contribution in [0.5, 0.6) is 17.2 Å². The molecule has 5 aromatic rings. The fourth-order valence-corrected chi connectivity index (χ4v) is 7.76. The van der Waals surface area contributed by atoms with Crippen LogP contribution in [0.3, 0.4) is 0 Å². The van der Waals surface area contributed by atoms with Crippen molar-refractivity contribution in [2.24, 2.45) is 0 Å². The molecule has 6 nitrogen and oxygen atoms in total. The first-order valence-corrected chi connectivity index (χ1v) is 17.2. The molecule has 47 heavy (non-hydrogen) atoms. The largest absolute Gasteiger partial charge is 0.508 e. The van der Waals surface area contributed by atoms with Gasteiger partial charge in [-0.1, -0.05) is 64.1 Å². The summed E-state index contributed by atoms with van der Waals surface area (Å²) < 4.78 is 39.2. The third-order valence-corrected chi connectivity index (χ3v) is 10.7. The predicted octanol–water partition coefficient (Wildman–Crippen LogP) is 9.34. The van der Waals surface area contributed by atoms with Crippen molar-refractivity contribution in [3.8, 4) is 17.2 Å². The second-order valence-corrected chi connectivity index (χ2v) is 14.7. The standard InChI is InChI=1S/C40H38O6S/c1-24(2)32-22-35(26(5)20-37(32)41)40(34-15-11-10-14-31(34)39(42)46-40)36-23-33(25(3)4)38(21-27(36)6)45-28-16-18-30(19-17-28)47(43,44)29-12-8-7-9-13-29/h7-25,41H,1-6H3. The van der Waals surface area contributed by atoms with Gasteiger partial charge in [-0.25, -0.2) is 13.2 Å². The zero-order valence-electron chi connectivity index (χ0n) is 27.4. The van der Waals surface area contributed by atoms with Crippen molar-refractivity contribution in [2.45, 2.75) is 68.8 Å². The van der Waals surface area contributed by atoms with Crippen LogP contribution in [0.25, 0.3) is 0 Å². The molecule has 1 N–H and O–H groups in total. The van der Waals surface area contributed by atoms with Gasteiger partial charge >= 0.3 is 5.97 Å². The molecule has 1 aliphatic rings. The molecule has 1 heterocycles. The summed E-state index contributed by atoms with van der Waals surface area (Å²) in [6, 6.07) is 30.0. The summed E-state index contributed by atoms with van der Waals surface area (Å²) in [6.07, 6.45) is 0. The van der Waals surface area contributed by atoms with E-state index in [-0.39, 0.29) is 27.4 Å². The van der Waals surface area contributed by atoms with Gasteiger partial charge in [0.25, 0.3) is 0 Å². The molecule has 0 amide bonds. The Labute approximate surface area is 276 Å². The summed E-state index contributed by atoms with van der Waals surface area (Å²) in [5, 5.41) is 10.8. The number of carbonyl (C=O) groups is 1. The maximum Gasteiger partial charge on any atom is 0.340 e. The van der Waals surface area contributed by atoms with Crippen molar-refractivity contribution < 1.29 is 27.8 Å². The molecule has 0 saturated carbocycles. The highest BCUT2D eigenvalue weighted by Crippen LogP contribution is 2.51. The van der Waals surface area contributed by atoms with Crippen LogP contribution in [-0.2, 0) is 20.2 Å². The zero-order chi connectivity index (χ0) is 33.7. The number of carbonyl (C=O) groups excluding carboxylic acids is 1. The Morgan fingerprint density at radius 2 is 1.23 bits per heavy atom. The minimum atomic E-state index is -3.66. The molecule has 7 heteroatoms. The van der Waals surface area contributed by atoms with E-state index in [4.69, 9.17) is 9.47 Å². The predicted molar refractivity (Wildman–Crippen MR) is 182 cm³/mol. The van der Waals surface area contributed by atoms with Crippen LogP contribution < -0.4 is 4.74 Å². The van der Waals surface area contributed by atoms with Crippen LogP contribution in [0.2, 0.25) is 0 Å². The van der Waals surface area contributed by atoms with Gasteiger partial charge in [0.15, 0.2) is 5.60 Å². The average molecular weight is 647 g/mol. The maximum atomic E-state index is 13.5. The van der Waals surface area contributed by atoms with Gasteiger partial charge in [0.1, 0.15) is 17.2 Å². The highest BCUT2D eigenvalue weighted by molar-refractivity contribution is 7.91. The fourth-order valence-electron chi connectivity index (χ4n) is 6.48. The highest BCUT2D eigenvalue weighted by Gasteiger charge is 2.50. The second kappa shape index (κ2) is 12.0. The molecule has 0 aromatic heterocycles. The van der Waals surface area contributed by atoms with Crippen LogP contribution in [0.4, 0.5) is 0 Å². The van der Waals surface area contributed by atoms with Crippen molar-refractivity contribution in [3.05, 3.63) is 148 Å². The third kappa shape index (κ3) is 5.48. The van der Waals surface area contributed by atoms with E-state index in [2.05, 4.69) is 19.9 Å². The number of phenols is 1. The number of hydrogen-bond acceptors (Lipinski definition) is 6. The molecule has 0 aliphatic carbocycles. The first kappa shape index (κ1) is 32.1. The molecule has 0 fully saturated rings. The fraction of sp³-hybridized carbons (Fsp3) is 0.225. The van der Waals surface area contributed by atoms with E-state index < -0.39 is 21.4 Å². The van der Waals surface area contributed by atoms with Gasteiger partial charge in [-0.2, -0.15) is 0 Å². The van der Waals surface area contributed by atoms with Gasteiger partial charge in [0.05, 0.1) is 15.4 Å². The van der Waals surface area contributed by atoms with Crippen molar-refractivity contribution in [1.82, 2.24) is 0 Å². The molecule has 1 aliphatic heterocycles. The molecular formula is C40H38O6S. The van der Waals surface area contributed by atoms with Gasteiger partial charge in [0, 0.05) is 16.7 Å².